The van der Waals surface area contributed by atoms with Crippen LogP contribution in [0.25, 0.3) is 5.76 Å². The number of carbonyl (C=O) groups excluding carboxylic acids is 2. The number of methoxy groups -OCH3 is 1. The highest BCUT2D eigenvalue weighted by Gasteiger charge is 2.47. The van der Waals surface area contributed by atoms with Crippen LogP contribution in [0.5, 0.6) is 17.2 Å². The van der Waals surface area contributed by atoms with Crippen LogP contribution >= 0.6 is 0 Å². The van der Waals surface area contributed by atoms with Crippen molar-refractivity contribution < 1.29 is 28.9 Å². The first-order chi connectivity index (χ1) is 18.5. The van der Waals surface area contributed by atoms with E-state index in [4.69, 9.17) is 14.2 Å². The molecule has 2 heterocycles. The lowest BCUT2D eigenvalue weighted by atomic mass is 9.85. The summed E-state index contributed by atoms with van der Waals surface area (Å²) in [5.41, 5.74) is 4.27. The second-order valence-corrected chi connectivity index (χ2v) is 11.0. The SMILES string of the molecule is COc1c(C)cc(C)cc1/C(O)=C1\C(=O)C(=O)N(c2ccc3c(c2)OCCO3)C1c1ccc(C(C)(C)C)cc1. The minimum atomic E-state index is -0.868. The Bertz CT molecular complexity index is 1500. The van der Waals surface area contributed by atoms with E-state index in [1.807, 2.05) is 44.2 Å². The number of amides is 1. The molecule has 0 saturated carbocycles. The van der Waals surface area contributed by atoms with Gasteiger partial charge in [0.1, 0.15) is 24.7 Å². The molecule has 1 atom stereocenters. The van der Waals surface area contributed by atoms with Crippen LogP contribution in [0.1, 0.15) is 54.6 Å². The molecule has 5 rings (SSSR count). The molecule has 1 N–H and O–H groups in total. The summed E-state index contributed by atoms with van der Waals surface area (Å²) in [5.74, 6) is -0.256. The van der Waals surface area contributed by atoms with Gasteiger partial charge in [0.25, 0.3) is 11.7 Å². The zero-order valence-corrected chi connectivity index (χ0v) is 23.1. The summed E-state index contributed by atoms with van der Waals surface area (Å²) in [5, 5.41) is 11.7. The molecule has 0 bridgehead atoms. The Hall–Kier alpha value is -4.26. The Morgan fingerprint density at radius 1 is 0.949 bits per heavy atom. The number of nitrogens with zero attached hydrogens (tertiary/aromatic N) is 1. The first kappa shape index (κ1) is 26.4. The van der Waals surface area contributed by atoms with E-state index in [9.17, 15) is 14.7 Å². The highest BCUT2D eigenvalue weighted by Crippen LogP contribution is 2.46. The van der Waals surface area contributed by atoms with Crippen molar-refractivity contribution in [2.45, 2.75) is 46.1 Å². The first-order valence-electron chi connectivity index (χ1n) is 13.0. The second kappa shape index (κ2) is 9.80. The van der Waals surface area contributed by atoms with Gasteiger partial charge >= 0.3 is 0 Å². The van der Waals surface area contributed by atoms with Crippen LogP contribution < -0.4 is 19.1 Å². The molecule has 1 unspecified atom stereocenters. The van der Waals surface area contributed by atoms with Crippen LogP contribution in [-0.4, -0.2) is 37.1 Å². The maximum atomic E-state index is 13.7. The van der Waals surface area contributed by atoms with Crippen LogP contribution in [-0.2, 0) is 15.0 Å². The predicted molar refractivity (Wildman–Crippen MR) is 150 cm³/mol. The van der Waals surface area contributed by atoms with Crippen LogP contribution in [0.4, 0.5) is 5.69 Å². The number of aliphatic hydroxyl groups excluding tert-OH is 1. The Kier molecular flexibility index (Phi) is 6.62. The molecule has 1 amide bonds. The highest BCUT2D eigenvalue weighted by molar-refractivity contribution is 6.51. The highest BCUT2D eigenvalue weighted by atomic mass is 16.6. The number of aryl methyl sites for hydroxylation is 2. The van der Waals surface area contributed by atoms with Gasteiger partial charge in [0.05, 0.1) is 24.3 Å². The van der Waals surface area contributed by atoms with Gasteiger partial charge in [-0.2, -0.15) is 0 Å². The van der Waals surface area contributed by atoms with Gasteiger partial charge in [0, 0.05) is 11.8 Å². The lowest BCUT2D eigenvalue weighted by Gasteiger charge is -2.28. The van der Waals surface area contributed by atoms with Crippen molar-refractivity contribution in [1.29, 1.82) is 0 Å². The van der Waals surface area contributed by atoms with Crippen molar-refractivity contribution in [3.63, 3.8) is 0 Å². The van der Waals surface area contributed by atoms with Gasteiger partial charge < -0.3 is 19.3 Å². The van der Waals surface area contributed by atoms with Crippen LogP contribution in [0.2, 0.25) is 0 Å². The lowest BCUT2D eigenvalue weighted by molar-refractivity contribution is -0.132. The number of anilines is 1. The standard InChI is InChI=1S/C32H33NO6/c1-18-15-19(2)30(37-6)23(16-18)28(34)26-27(20-7-9-21(10-8-20)32(3,4)5)33(31(36)29(26)35)22-11-12-24-25(17-22)39-14-13-38-24/h7-12,15-17,27,34H,13-14H2,1-6H3/b28-26+. The number of hydrogen-bond acceptors (Lipinski definition) is 6. The fourth-order valence-electron chi connectivity index (χ4n) is 5.31. The Balaban J connectivity index is 1.74. The molecule has 7 nitrogen and oxygen atoms in total. The molecular formula is C32H33NO6. The fraction of sp³-hybridized carbons (Fsp3) is 0.312. The minimum Gasteiger partial charge on any atom is -0.507 e. The molecular weight excluding hydrogens is 494 g/mol. The first-order valence-corrected chi connectivity index (χ1v) is 13.0. The fourth-order valence-corrected chi connectivity index (χ4v) is 5.31. The van der Waals surface area contributed by atoms with E-state index >= 15 is 0 Å². The van der Waals surface area contributed by atoms with Crippen molar-refractivity contribution in [1.82, 2.24) is 0 Å². The number of ether oxygens (including phenoxy) is 3. The van der Waals surface area contributed by atoms with Gasteiger partial charge in [0.15, 0.2) is 11.5 Å². The van der Waals surface area contributed by atoms with Crippen molar-refractivity contribution in [3.8, 4) is 17.2 Å². The van der Waals surface area contributed by atoms with Crippen LogP contribution in [0.15, 0.2) is 60.2 Å². The average molecular weight is 528 g/mol. The monoisotopic (exact) mass is 527 g/mol. The summed E-state index contributed by atoms with van der Waals surface area (Å²) in [6.07, 6.45) is 0. The van der Waals surface area contributed by atoms with E-state index in [0.717, 1.165) is 16.7 Å². The molecule has 2 aliphatic rings. The number of rotatable bonds is 4. The second-order valence-electron chi connectivity index (χ2n) is 11.0. The smallest absolute Gasteiger partial charge is 0.300 e. The van der Waals surface area contributed by atoms with Crippen LogP contribution in [0, 0.1) is 13.8 Å². The van der Waals surface area contributed by atoms with Gasteiger partial charge in [-0.3, -0.25) is 14.5 Å². The number of carbonyl (C=O) groups is 2. The molecule has 0 aliphatic carbocycles. The Morgan fingerprint density at radius 2 is 1.62 bits per heavy atom. The third-order valence-electron chi connectivity index (χ3n) is 7.22. The van der Waals surface area contributed by atoms with Crippen molar-refractivity contribution in [3.05, 3.63) is 88.0 Å². The van der Waals surface area contributed by atoms with Gasteiger partial charge in [-0.15, -0.1) is 0 Å². The molecule has 202 valence electrons. The Labute approximate surface area is 228 Å². The molecule has 0 radical (unpaired) electrons. The number of aliphatic hydroxyl groups is 1. The van der Waals surface area contributed by atoms with E-state index in [1.54, 1.807) is 24.3 Å². The van der Waals surface area contributed by atoms with E-state index < -0.39 is 17.7 Å². The van der Waals surface area contributed by atoms with E-state index in [1.165, 1.54) is 12.0 Å². The molecule has 3 aromatic carbocycles. The number of ketones is 1. The van der Waals surface area contributed by atoms with E-state index in [-0.39, 0.29) is 16.7 Å². The van der Waals surface area contributed by atoms with Crippen molar-refractivity contribution >= 4 is 23.1 Å². The van der Waals surface area contributed by atoms with Crippen LogP contribution in [0.3, 0.4) is 0 Å². The van der Waals surface area contributed by atoms with Gasteiger partial charge in [-0.25, -0.2) is 0 Å². The average Bonchev–Trinajstić information content (AvgIpc) is 3.17. The normalized spacial score (nSPS) is 18.4. The van der Waals surface area contributed by atoms with Gasteiger partial charge in [-0.1, -0.05) is 51.1 Å². The summed E-state index contributed by atoms with van der Waals surface area (Å²) in [6.45, 7) is 11.0. The van der Waals surface area contributed by atoms with Gasteiger partial charge in [0.2, 0.25) is 0 Å². The summed E-state index contributed by atoms with van der Waals surface area (Å²) in [4.78, 5) is 28.7. The number of fused-ring (bicyclic) bond motifs is 1. The quantitative estimate of drug-likeness (QED) is 0.254. The maximum Gasteiger partial charge on any atom is 0.300 e. The van der Waals surface area contributed by atoms with E-state index in [0.29, 0.717) is 47.3 Å². The summed E-state index contributed by atoms with van der Waals surface area (Å²) < 4.78 is 17.0. The predicted octanol–water partition coefficient (Wildman–Crippen LogP) is 6.01. The summed E-state index contributed by atoms with van der Waals surface area (Å²) in [7, 11) is 1.52. The van der Waals surface area contributed by atoms with Crippen molar-refractivity contribution in [2.75, 3.05) is 25.2 Å². The third kappa shape index (κ3) is 4.62. The summed E-state index contributed by atoms with van der Waals surface area (Å²) in [6, 6.07) is 15.8. The van der Waals surface area contributed by atoms with Crippen molar-refractivity contribution in [2.24, 2.45) is 0 Å². The Morgan fingerprint density at radius 3 is 2.26 bits per heavy atom. The molecule has 1 fully saturated rings. The zero-order valence-electron chi connectivity index (χ0n) is 23.1. The molecule has 39 heavy (non-hydrogen) atoms. The summed E-state index contributed by atoms with van der Waals surface area (Å²) >= 11 is 0. The number of hydrogen-bond donors (Lipinski definition) is 1. The zero-order chi connectivity index (χ0) is 28.1. The maximum absolute atomic E-state index is 13.7. The molecule has 7 heteroatoms. The molecule has 0 aromatic heterocycles. The molecule has 0 spiro atoms. The topological polar surface area (TPSA) is 85.3 Å². The number of benzene rings is 3. The molecule has 3 aromatic rings. The minimum absolute atomic E-state index is 0.00157. The number of Topliss-reactive ketones (excluding diaryl/α,β-unsaturated/α-hetero) is 1. The largest absolute Gasteiger partial charge is 0.507 e. The molecule has 2 aliphatic heterocycles. The third-order valence-corrected chi connectivity index (χ3v) is 7.22. The van der Waals surface area contributed by atoms with Gasteiger partial charge in [-0.05, 0) is 59.7 Å². The lowest BCUT2D eigenvalue weighted by Crippen LogP contribution is -2.29. The molecule has 1 saturated heterocycles. The van der Waals surface area contributed by atoms with E-state index in [2.05, 4.69) is 20.8 Å².